The highest BCUT2D eigenvalue weighted by atomic mass is 19.4. The van der Waals surface area contributed by atoms with Gasteiger partial charge in [0.15, 0.2) is 6.61 Å². The van der Waals surface area contributed by atoms with Crippen LogP contribution in [-0.4, -0.2) is 42.9 Å². The van der Waals surface area contributed by atoms with Crippen LogP contribution >= 0.6 is 0 Å². The highest BCUT2D eigenvalue weighted by Gasteiger charge is 2.31. The molecule has 1 fully saturated rings. The summed E-state index contributed by atoms with van der Waals surface area (Å²) >= 11 is 0. The van der Waals surface area contributed by atoms with Gasteiger partial charge in [-0.2, -0.15) is 13.2 Å². The minimum absolute atomic E-state index is 0.175. The SMILES string of the molecule is NC1COCC1C(=O)Nc1ccc(OCC(F)(F)F)nc1. The lowest BCUT2D eigenvalue weighted by Crippen LogP contribution is -2.37. The van der Waals surface area contributed by atoms with Crippen LogP contribution in [0.2, 0.25) is 0 Å². The number of hydrogen-bond donors (Lipinski definition) is 2. The summed E-state index contributed by atoms with van der Waals surface area (Å²) in [5.41, 5.74) is 6.06. The minimum Gasteiger partial charge on any atom is -0.468 e. The number of ether oxygens (including phenoxy) is 2. The molecule has 0 bridgehead atoms. The number of nitrogens with two attached hydrogens (primary N) is 1. The second-order valence-corrected chi connectivity index (χ2v) is 4.59. The van der Waals surface area contributed by atoms with Crippen LogP contribution in [0, 0.1) is 5.92 Å². The number of carbonyl (C=O) groups excluding carboxylic acids is 1. The van der Waals surface area contributed by atoms with Gasteiger partial charge in [0.25, 0.3) is 0 Å². The molecule has 2 heterocycles. The van der Waals surface area contributed by atoms with Gasteiger partial charge in [-0.3, -0.25) is 4.79 Å². The van der Waals surface area contributed by atoms with Crippen LogP contribution in [0.4, 0.5) is 18.9 Å². The van der Waals surface area contributed by atoms with Crippen molar-refractivity contribution in [1.82, 2.24) is 4.98 Å². The van der Waals surface area contributed by atoms with Crippen molar-refractivity contribution in [3.63, 3.8) is 0 Å². The molecule has 0 aromatic carbocycles. The van der Waals surface area contributed by atoms with E-state index in [2.05, 4.69) is 15.0 Å². The van der Waals surface area contributed by atoms with Gasteiger partial charge in [0.2, 0.25) is 11.8 Å². The summed E-state index contributed by atoms with van der Waals surface area (Å²) in [5, 5.41) is 2.57. The number of rotatable bonds is 4. The Hall–Kier alpha value is -1.87. The molecule has 0 radical (unpaired) electrons. The fourth-order valence-electron chi connectivity index (χ4n) is 1.77. The molecule has 3 N–H and O–H groups in total. The molecule has 116 valence electrons. The zero-order valence-corrected chi connectivity index (χ0v) is 10.9. The molecule has 0 spiro atoms. The van der Waals surface area contributed by atoms with E-state index in [9.17, 15) is 18.0 Å². The summed E-state index contributed by atoms with van der Waals surface area (Å²) in [4.78, 5) is 15.6. The number of nitrogens with one attached hydrogen (secondary N) is 1. The van der Waals surface area contributed by atoms with Crippen LogP contribution in [0.5, 0.6) is 5.88 Å². The van der Waals surface area contributed by atoms with Crippen LogP contribution in [-0.2, 0) is 9.53 Å². The summed E-state index contributed by atoms with van der Waals surface area (Å²) in [6.45, 7) is -0.853. The Morgan fingerprint density at radius 2 is 2.24 bits per heavy atom. The maximum Gasteiger partial charge on any atom is 0.422 e. The molecule has 1 aliphatic rings. The quantitative estimate of drug-likeness (QED) is 0.864. The first-order valence-corrected chi connectivity index (χ1v) is 6.15. The molecular formula is C12H14F3N3O3. The fourth-order valence-corrected chi connectivity index (χ4v) is 1.77. The van der Waals surface area contributed by atoms with Crippen molar-refractivity contribution in [2.75, 3.05) is 25.1 Å². The van der Waals surface area contributed by atoms with Crippen LogP contribution < -0.4 is 15.8 Å². The Morgan fingerprint density at radius 1 is 1.48 bits per heavy atom. The predicted molar refractivity (Wildman–Crippen MR) is 66.7 cm³/mol. The van der Waals surface area contributed by atoms with E-state index >= 15 is 0 Å². The van der Waals surface area contributed by atoms with Crippen molar-refractivity contribution < 1.29 is 27.4 Å². The van der Waals surface area contributed by atoms with Gasteiger partial charge in [0, 0.05) is 12.1 Å². The number of alkyl halides is 3. The Bertz CT molecular complexity index is 493. The van der Waals surface area contributed by atoms with Crippen LogP contribution in [0.15, 0.2) is 18.3 Å². The number of halogens is 3. The van der Waals surface area contributed by atoms with Gasteiger partial charge >= 0.3 is 6.18 Å². The number of aromatic nitrogens is 1. The molecule has 21 heavy (non-hydrogen) atoms. The minimum atomic E-state index is -4.42. The van der Waals surface area contributed by atoms with E-state index in [1.54, 1.807) is 0 Å². The number of carbonyl (C=O) groups is 1. The van der Waals surface area contributed by atoms with E-state index in [0.29, 0.717) is 12.3 Å². The van der Waals surface area contributed by atoms with E-state index in [4.69, 9.17) is 10.5 Å². The average molecular weight is 305 g/mol. The smallest absolute Gasteiger partial charge is 0.422 e. The normalized spacial score (nSPS) is 22.1. The summed E-state index contributed by atoms with van der Waals surface area (Å²) in [5.74, 6) is -0.942. The summed E-state index contributed by atoms with van der Waals surface area (Å²) < 4.78 is 45.4. The number of nitrogens with zero attached hydrogens (tertiary/aromatic N) is 1. The standard InChI is InChI=1S/C12H14F3N3O3/c13-12(14,15)6-21-10-2-1-7(3-17-10)18-11(19)8-4-20-5-9(8)16/h1-3,8-9H,4-6,16H2,(H,18,19). The average Bonchev–Trinajstić information content (AvgIpc) is 2.83. The van der Waals surface area contributed by atoms with Crippen LogP contribution in [0.1, 0.15) is 0 Å². The Balaban J connectivity index is 1.89. The topological polar surface area (TPSA) is 86.5 Å². The van der Waals surface area contributed by atoms with Crippen molar-refractivity contribution in [1.29, 1.82) is 0 Å². The Kier molecular flexibility index (Phi) is 4.63. The van der Waals surface area contributed by atoms with Crippen molar-refractivity contribution in [2.45, 2.75) is 12.2 Å². The van der Waals surface area contributed by atoms with E-state index in [1.807, 2.05) is 0 Å². The number of amides is 1. The first-order chi connectivity index (χ1) is 9.85. The largest absolute Gasteiger partial charge is 0.468 e. The molecular weight excluding hydrogens is 291 g/mol. The lowest BCUT2D eigenvalue weighted by Gasteiger charge is -2.13. The van der Waals surface area contributed by atoms with Gasteiger partial charge in [-0.25, -0.2) is 4.98 Å². The van der Waals surface area contributed by atoms with Gasteiger partial charge in [-0.1, -0.05) is 0 Å². The van der Waals surface area contributed by atoms with E-state index < -0.39 is 18.7 Å². The van der Waals surface area contributed by atoms with Gasteiger partial charge < -0.3 is 20.5 Å². The highest BCUT2D eigenvalue weighted by molar-refractivity contribution is 5.93. The fraction of sp³-hybridized carbons (Fsp3) is 0.500. The van der Waals surface area contributed by atoms with Crippen molar-refractivity contribution >= 4 is 11.6 Å². The first kappa shape index (κ1) is 15.5. The molecule has 1 saturated heterocycles. The molecule has 6 nitrogen and oxygen atoms in total. The lowest BCUT2D eigenvalue weighted by atomic mass is 10.0. The van der Waals surface area contributed by atoms with Gasteiger partial charge in [-0.15, -0.1) is 0 Å². The van der Waals surface area contributed by atoms with Crippen LogP contribution in [0.3, 0.4) is 0 Å². The van der Waals surface area contributed by atoms with E-state index in [1.165, 1.54) is 18.3 Å². The highest BCUT2D eigenvalue weighted by Crippen LogP contribution is 2.19. The molecule has 2 atom stereocenters. The Morgan fingerprint density at radius 3 is 2.76 bits per heavy atom. The first-order valence-electron chi connectivity index (χ1n) is 6.15. The summed E-state index contributed by atoms with van der Waals surface area (Å²) in [6.07, 6.45) is -3.21. The molecule has 0 aliphatic carbocycles. The monoisotopic (exact) mass is 305 g/mol. The molecule has 1 aliphatic heterocycles. The lowest BCUT2D eigenvalue weighted by molar-refractivity contribution is -0.154. The molecule has 1 amide bonds. The number of hydrogen-bond acceptors (Lipinski definition) is 5. The van der Waals surface area contributed by atoms with Gasteiger partial charge in [0.05, 0.1) is 31.0 Å². The van der Waals surface area contributed by atoms with Crippen molar-refractivity contribution in [3.8, 4) is 5.88 Å². The van der Waals surface area contributed by atoms with E-state index in [0.717, 1.165) is 0 Å². The second kappa shape index (κ2) is 6.27. The molecule has 0 saturated carbocycles. The third-order valence-corrected chi connectivity index (χ3v) is 2.85. The molecule has 1 aromatic rings. The third kappa shape index (κ3) is 4.57. The van der Waals surface area contributed by atoms with Gasteiger partial charge in [-0.05, 0) is 6.07 Å². The Labute approximate surface area is 118 Å². The summed E-state index contributed by atoms with van der Waals surface area (Å²) in [6, 6.07) is 2.28. The van der Waals surface area contributed by atoms with Crippen molar-refractivity contribution in [2.24, 2.45) is 11.7 Å². The number of anilines is 1. The summed E-state index contributed by atoms with van der Waals surface area (Å²) in [7, 11) is 0. The van der Waals surface area contributed by atoms with Gasteiger partial charge in [0.1, 0.15) is 0 Å². The molecule has 9 heteroatoms. The second-order valence-electron chi connectivity index (χ2n) is 4.59. The molecule has 1 aromatic heterocycles. The van der Waals surface area contributed by atoms with Crippen LogP contribution in [0.25, 0.3) is 0 Å². The maximum atomic E-state index is 12.0. The molecule has 2 unspecified atom stereocenters. The zero-order valence-electron chi connectivity index (χ0n) is 10.9. The maximum absolute atomic E-state index is 12.0. The van der Waals surface area contributed by atoms with Crippen molar-refractivity contribution in [3.05, 3.63) is 18.3 Å². The zero-order chi connectivity index (χ0) is 15.5. The molecule has 2 rings (SSSR count). The number of pyridine rings is 1. The van der Waals surface area contributed by atoms with E-state index in [-0.39, 0.29) is 24.4 Å². The third-order valence-electron chi connectivity index (χ3n) is 2.85. The predicted octanol–water partition coefficient (Wildman–Crippen LogP) is 0.935.